The highest BCUT2D eigenvalue weighted by Crippen LogP contribution is 1.91. The van der Waals surface area contributed by atoms with Crippen molar-refractivity contribution < 1.29 is 9.90 Å². The maximum atomic E-state index is 11.2. The van der Waals surface area contributed by atoms with Crippen molar-refractivity contribution in [3.8, 4) is 0 Å². The van der Waals surface area contributed by atoms with Gasteiger partial charge in [0, 0.05) is 26.1 Å². The van der Waals surface area contributed by atoms with Crippen molar-refractivity contribution >= 4 is 5.91 Å². The van der Waals surface area contributed by atoms with E-state index in [1.54, 1.807) is 0 Å². The predicted molar refractivity (Wildman–Crippen MR) is 57.1 cm³/mol. The molecule has 14 heavy (non-hydrogen) atoms. The molecule has 0 saturated heterocycles. The van der Waals surface area contributed by atoms with Gasteiger partial charge in [0.1, 0.15) is 0 Å². The van der Waals surface area contributed by atoms with Gasteiger partial charge in [-0.1, -0.05) is 6.92 Å². The van der Waals surface area contributed by atoms with Gasteiger partial charge in [0.25, 0.3) is 0 Å². The van der Waals surface area contributed by atoms with E-state index in [0.717, 1.165) is 38.9 Å². The molecule has 84 valence electrons. The minimum absolute atomic E-state index is 0.106. The van der Waals surface area contributed by atoms with Crippen LogP contribution in [0.15, 0.2) is 0 Å². The van der Waals surface area contributed by atoms with Crippen molar-refractivity contribution in [2.75, 3.05) is 26.2 Å². The van der Waals surface area contributed by atoms with Gasteiger partial charge in [-0.15, -0.1) is 0 Å². The lowest BCUT2D eigenvalue weighted by Gasteiger charge is -2.04. The summed E-state index contributed by atoms with van der Waals surface area (Å²) in [5, 5.41) is 14.5. The fourth-order valence-electron chi connectivity index (χ4n) is 1.11. The zero-order chi connectivity index (χ0) is 10.6. The molecule has 4 nitrogen and oxygen atoms in total. The molecule has 0 aliphatic heterocycles. The van der Waals surface area contributed by atoms with Crippen LogP contribution in [-0.2, 0) is 4.79 Å². The largest absolute Gasteiger partial charge is 0.396 e. The van der Waals surface area contributed by atoms with Crippen LogP contribution in [0.4, 0.5) is 0 Å². The summed E-state index contributed by atoms with van der Waals surface area (Å²) in [5.74, 6) is 0.106. The first-order chi connectivity index (χ1) is 6.81. The van der Waals surface area contributed by atoms with E-state index >= 15 is 0 Å². The summed E-state index contributed by atoms with van der Waals surface area (Å²) in [5.41, 5.74) is 0. The van der Waals surface area contributed by atoms with Crippen LogP contribution in [-0.4, -0.2) is 37.3 Å². The van der Waals surface area contributed by atoms with Crippen LogP contribution >= 0.6 is 0 Å². The quantitative estimate of drug-likeness (QED) is 0.470. The van der Waals surface area contributed by atoms with Crippen molar-refractivity contribution in [3.05, 3.63) is 0 Å². The molecule has 4 heteroatoms. The molecule has 0 radical (unpaired) electrons. The van der Waals surface area contributed by atoms with Gasteiger partial charge < -0.3 is 15.7 Å². The van der Waals surface area contributed by atoms with Gasteiger partial charge in [-0.25, -0.2) is 0 Å². The fraction of sp³-hybridized carbons (Fsp3) is 0.900. The number of rotatable bonds is 9. The summed E-state index contributed by atoms with van der Waals surface area (Å²) < 4.78 is 0. The molecule has 0 rings (SSSR count). The molecular weight excluding hydrogens is 180 g/mol. The third-order valence-electron chi connectivity index (χ3n) is 1.94. The number of hydrogen-bond donors (Lipinski definition) is 3. The Kier molecular flexibility index (Phi) is 10.0. The monoisotopic (exact) mass is 202 g/mol. The minimum Gasteiger partial charge on any atom is -0.396 e. The summed E-state index contributed by atoms with van der Waals surface area (Å²) in [4.78, 5) is 11.2. The van der Waals surface area contributed by atoms with Gasteiger partial charge >= 0.3 is 0 Å². The minimum atomic E-state index is 0.106. The van der Waals surface area contributed by atoms with Gasteiger partial charge in [0.15, 0.2) is 0 Å². The molecule has 0 aliphatic rings. The summed E-state index contributed by atoms with van der Waals surface area (Å²) in [6.45, 7) is 4.65. The van der Waals surface area contributed by atoms with Crippen molar-refractivity contribution in [3.63, 3.8) is 0 Å². The second kappa shape index (κ2) is 10.5. The first-order valence-corrected chi connectivity index (χ1v) is 5.39. The normalized spacial score (nSPS) is 10.1. The van der Waals surface area contributed by atoms with E-state index in [0.29, 0.717) is 6.42 Å². The molecular formula is C10H22N2O2. The lowest BCUT2D eigenvalue weighted by Crippen LogP contribution is -2.28. The average Bonchev–Trinajstić information content (AvgIpc) is 2.18. The third kappa shape index (κ3) is 9.48. The Hall–Kier alpha value is -0.610. The standard InChI is InChI=1S/C10H22N2O2/c1-2-11-8-6-10(14)12-7-4-3-5-9-13/h11,13H,2-9H2,1H3,(H,12,14). The SMILES string of the molecule is CCNCCC(=O)NCCCCCO. The summed E-state index contributed by atoms with van der Waals surface area (Å²) in [6, 6.07) is 0. The number of unbranched alkanes of at least 4 members (excludes halogenated alkanes) is 2. The van der Waals surface area contributed by atoms with Crippen molar-refractivity contribution in [1.29, 1.82) is 0 Å². The van der Waals surface area contributed by atoms with Crippen LogP contribution in [0.25, 0.3) is 0 Å². The van der Waals surface area contributed by atoms with Crippen molar-refractivity contribution in [2.45, 2.75) is 32.6 Å². The molecule has 0 atom stereocenters. The number of hydrogen-bond acceptors (Lipinski definition) is 3. The number of aliphatic hydroxyl groups excluding tert-OH is 1. The van der Waals surface area contributed by atoms with Crippen LogP contribution < -0.4 is 10.6 Å². The van der Waals surface area contributed by atoms with Crippen LogP contribution in [0.1, 0.15) is 32.6 Å². The predicted octanol–water partition coefficient (Wildman–Crippen LogP) is 0.265. The van der Waals surface area contributed by atoms with E-state index in [9.17, 15) is 4.79 Å². The van der Waals surface area contributed by atoms with Crippen molar-refractivity contribution in [1.82, 2.24) is 10.6 Å². The van der Waals surface area contributed by atoms with E-state index in [4.69, 9.17) is 5.11 Å². The van der Waals surface area contributed by atoms with Gasteiger partial charge in [-0.3, -0.25) is 4.79 Å². The molecule has 0 saturated carbocycles. The Morgan fingerprint density at radius 3 is 2.64 bits per heavy atom. The second-order valence-electron chi connectivity index (χ2n) is 3.24. The Morgan fingerprint density at radius 2 is 2.00 bits per heavy atom. The molecule has 1 amide bonds. The fourth-order valence-corrected chi connectivity index (χ4v) is 1.11. The summed E-state index contributed by atoms with van der Waals surface area (Å²) in [7, 11) is 0. The Morgan fingerprint density at radius 1 is 1.21 bits per heavy atom. The first-order valence-electron chi connectivity index (χ1n) is 5.39. The third-order valence-corrected chi connectivity index (χ3v) is 1.94. The Labute approximate surface area is 86.1 Å². The molecule has 0 aliphatic carbocycles. The summed E-state index contributed by atoms with van der Waals surface area (Å²) in [6.07, 6.45) is 3.30. The van der Waals surface area contributed by atoms with Crippen LogP contribution in [0.3, 0.4) is 0 Å². The number of nitrogens with one attached hydrogen (secondary N) is 2. The van der Waals surface area contributed by atoms with Gasteiger partial charge in [0.05, 0.1) is 0 Å². The molecule has 0 fully saturated rings. The second-order valence-corrected chi connectivity index (χ2v) is 3.24. The topological polar surface area (TPSA) is 61.4 Å². The highest BCUT2D eigenvalue weighted by Gasteiger charge is 1.98. The Bertz CT molecular complexity index is 140. The molecule has 0 bridgehead atoms. The van der Waals surface area contributed by atoms with E-state index < -0.39 is 0 Å². The molecule has 0 spiro atoms. The van der Waals surface area contributed by atoms with Crippen LogP contribution in [0, 0.1) is 0 Å². The molecule has 0 heterocycles. The van der Waals surface area contributed by atoms with E-state index in [1.807, 2.05) is 6.92 Å². The van der Waals surface area contributed by atoms with Crippen molar-refractivity contribution in [2.24, 2.45) is 0 Å². The van der Waals surface area contributed by atoms with Crippen LogP contribution in [0.2, 0.25) is 0 Å². The van der Waals surface area contributed by atoms with Crippen LogP contribution in [0.5, 0.6) is 0 Å². The van der Waals surface area contributed by atoms with E-state index in [1.165, 1.54) is 0 Å². The highest BCUT2D eigenvalue weighted by atomic mass is 16.2. The molecule has 0 unspecified atom stereocenters. The summed E-state index contributed by atoms with van der Waals surface area (Å²) >= 11 is 0. The smallest absolute Gasteiger partial charge is 0.221 e. The zero-order valence-electron chi connectivity index (χ0n) is 9.01. The lowest BCUT2D eigenvalue weighted by molar-refractivity contribution is -0.120. The first kappa shape index (κ1) is 13.4. The lowest BCUT2D eigenvalue weighted by atomic mass is 10.2. The van der Waals surface area contributed by atoms with Gasteiger partial charge in [-0.05, 0) is 25.8 Å². The number of aliphatic hydroxyl groups is 1. The zero-order valence-corrected chi connectivity index (χ0v) is 9.01. The highest BCUT2D eigenvalue weighted by molar-refractivity contribution is 5.75. The van der Waals surface area contributed by atoms with Gasteiger partial charge in [-0.2, -0.15) is 0 Å². The number of carbonyl (C=O) groups excluding carboxylic acids is 1. The maximum Gasteiger partial charge on any atom is 0.221 e. The molecule has 3 N–H and O–H groups in total. The van der Waals surface area contributed by atoms with E-state index in [2.05, 4.69) is 10.6 Å². The molecule has 0 aromatic carbocycles. The Balaban J connectivity index is 3.10. The number of carbonyl (C=O) groups is 1. The average molecular weight is 202 g/mol. The number of amides is 1. The molecule has 0 aromatic rings. The van der Waals surface area contributed by atoms with E-state index in [-0.39, 0.29) is 12.5 Å². The van der Waals surface area contributed by atoms with Gasteiger partial charge in [0.2, 0.25) is 5.91 Å². The molecule has 0 aromatic heterocycles. The maximum absolute atomic E-state index is 11.2.